The van der Waals surface area contributed by atoms with E-state index in [9.17, 15) is 9.50 Å². The third-order valence-electron chi connectivity index (χ3n) is 3.35. The van der Waals surface area contributed by atoms with E-state index >= 15 is 0 Å². The highest BCUT2D eigenvalue weighted by Crippen LogP contribution is 2.27. The highest BCUT2D eigenvalue weighted by Gasteiger charge is 2.12. The topological polar surface area (TPSA) is 20.2 Å². The van der Waals surface area contributed by atoms with E-state index in [0.717, 1.165) is 16.3 Å². The molecule has 3 aromatic rings. The van der Waals surface area contributed by atoms with Crippen LogP contribution in [0, 0.1) is 5.82 Å². The monoisotopic (exact) mass is 330 g/mol. The standard InChI is InChI=1S/C17H12BrFO/c18-15-8-7-14(10-16(15)19)17(20)13-6-5-11-3-1-2-4-12(11)9-13/h1-10,17,20H. The molecule has 0 amide bonds. The summed E-state index contributed by atoms with van der Waals surface area (Å²) in [5, 5.41) is 12.6. The van der Waals surface area contributed by atoms with E-state index in [1.54, 1.807) is 12.1 Å². The molecule has 1 N–H and O–H groups in total. The lowest BCUT2D eigenvalue weighted by Gasteiger charge is -2.13. The van der Waals surface area contributed by atoms with E-state index < -0.39 is 6.10 Å². The molecule has 0 heterocycles. The van der Waals surface area contributed by atoms with Crippen molar-refractivity contribution >= 4 is 26.7 Å². The quantitative estimate of drug-likeness (QED) is 0.714. The van der Waals surface area contributed by atoms with Gasteiger partial charge in [-0.05, 0) is 56.0 Å². The summed E-state index contributed by atoms with van der Waals surface area (Å²) in [4.78, 5) is 0. The zero-order valence-electron chi connectivity index (χ0n) is 10.6. The first-order chi connectivity index (χ1) is 9.65. The second-order valence-electron chi connectivity index (χ2n) is 4.68. The predicted octanol–water partition coefficient (Wildman–Crippen LogP) is 4.82. The Balaban J connectivity index is 2.02. The van der Waals surface area contributed by atoms with Gasteiger partial charge in [0.25, 0.3) is 0 Å². The molecule has 0 aliphatic carbocycles. The van der Waals surface area contributed by atoms with E-state index in [0.29, 0.717) is 10.0 Å². The summed E-state index contributed by atoms with van der Waals surface area (Å²) >= 11 is 3.11. The number of aliphatic hydroxyl groups excluding tert-OH is 1. The third kappa shape index (κ3) is 2.47. The van der Waals surface area contributed by atoms with Gasteiger partial charge in [0.1, 0.15) is 11.9 Å². The Bertz CT molecular complexity index is 770. The highest BCUT2D eigenvalue weighted by molar-refractivity contribution is 9.10. The largest absolute Gasteiger partial charge is 0.384 e. The van der Waals surface area contributed by atoms with E-state index in [1.807, 2.05) is 42.5 Å². The van der Waals surface area contributed by atoms with Crippen molar-refractivity contribution in [2.24, 2.45) is 0 Å². The summed E-state index contributed by atoms with van der Waals surface area (Å²) in [7, 11) is 0. The number of hydrogen-bond acceptors (Lipinski definition) is 1. The van der Waals surface area contributed by atoms with Gasteiger partial charge in [0.05, 0.1) is 4.47 Å². The minimum atomic E-state index is -0.831. The molecule has 0 bridgehead atoms. The average Bonchev–Trinajstić information content (AvgIpc) is 2.49. The van der Waals surface area contributed by atoms with Gasteiger partial charge in [-0.15, -0.1) is 0 Å². The first kappa shape index (κ1) is 13.3. The van der Waals surface area contributed by atoms with E-state index in [4.69, 9.17) is 0 Å². The van der Waals surface area contributed by atoms with Crippen LogP contribution in [0.3, 0.4) is 0 Å². The van der Waals surface area contributed by atoms with E-state index in [-0.39, 0.29) is 5.82 Å². The first-order valence-electron chi connectivity index (χ1n) is 6.27. The lowest BCUT2D eigenvalue weighted by molar-refractivity contribution is 0.220. The summed E-state index contributed by atoms with van der Waals surface area (Å²) in [6.07, 6.45) is -0.831. The number of aliphatic hydroxyl groups is 1. The summed E-state index contributed by atoms with van der Waals surface area (Å²) in [6.45, 7) is 0. The minimum Gasteiger partial charge on any atom is -0.384 e. The maximum Gasteiger partial charge on any atom is 0.137 e. The van der Waals surface area contributed by atoms with Crippen molar-refractivity contribution in [1.29, 1.82) is 0 Å². The van der Waals surface area contributed by atoms with Crippen LogP contribution >= 0.6 is 15.9 Å². The zero-order chi connectivity index (χ0) is 14.1. The molecule has 0 fully saturated rings. The van der Waals surface area contributed by atoms with Crippen LogP contribution in [0.15, 0.2) is 65.1 Å². The van der Waals surface area contributed by atoms with Gasteiger partial charge in [-0.3, -0.25) is 0 Å². The van der Waals surface area contributed by atoms with Crippen molar-refractivity contribution < 1.29 is 9.50 Å². The Morgan fingerprint density at radius 1 is 0.850 bits per heavy atom. The minimum absolute atomic E-state index is 0.373. The second kappa shape index (κ2) is 5.35. The molecule has 20 heavy (non-hydrogen) atoms. The highest BCUT2D eigenvalue weighted by atomic mass is 79.9. The molecule has 1 atom stereocenters. The molecule has 0 aromatic heterocycles. The van der Waals surface area contributed by atoms with Crippen LogP contribution in [0.2, 0.25) is 0 Å². The molecule has 0 spiro atoms. The van der Waals surface area contributed by atoms with Gasteiger partial charge in [-0.25, -0.2) is 4.39 Å². The normalized spacial score (nSPS) is 12.6. The maximum absolute atomic E-state index is 13.6. The Morgan fingerprint density at radius 2 is 1.50 bits per heavy atom. The van der Waals surface area contributed by atoms with Crippen LogP contribution in [0.1, 0.15) is 17.2 Å². The molecule has 0 saturated carbocycles. The van der Waals surface area contributed by atoms with Gasteiger partial charge in [0.15, 0.2) is 0 Å². The van der Waals surface area contributed by atoms with E-state index in [2.05, 4.69) is 15.9 Å². The molecule has 1 nitrogen and oxygen atoms in total. The van der Waals surface area contributed by atoms with Gasteiger partial charge in [0.2, 0.25) is 0 Å². The van der Waals surface area contributed by atoms with Crippen LogP contribution in [0.5, 0.6) is 0 Å². The molecule has 100 valence electrons. The molecule has 0 aliphatic heterocycles. The van der Waals surface area contributed by atoms with Gasteiger partial charge >= 0.3 is 0 Å². The van der Waals surface area contributed by atoms with Crippen molar-refractivity contribution in [3.63, 3.8) is 0 Å². The van der Waals surface area contributed by atoms with Crippen molar-refractivity contribution in [1.82, 2.24) is 0 Å². The molecule has 0 saturated heterocycles. The molecule has 1 unspecified atom stereocenters. The number of benzene rings is 3. The fourth-order valence-corrected chi connectivity index (χ4v) is 2.50. The SMILES string of the molecule is OC(c1ccc(Br)c(F)c1)c1ccc2ccccc2c1. The number of rotatable bonds is 2. The molecular weight excluding hydrogens is 319 g/mol. The maximum atomic E-state index is 13.6. The molecule has 3 aromatic carbocycles. The third-order valence-corrected chi connectivity index (χ3v) is 3.99. The summed E-state index contributed by atoms with van der Waals surface area (Å²) in [6, 6.07) is 18.4. The number of hydrogen-bond donors (Lipinski definition) is 1. The molecule has 0 aliphatic rings. The summed E-state index contributed by atoms with van der Waals surface area (Å²) < 4.78 is 13.9. The van der Waals surface area contributed by atoms with Crippen LogP contribution in [0.4, 0.5) is 4.39 Å². The fourth-order valence-electron chi connectivity index (χ4n) is 2.25. The molecule has 3 heteroatoms. The van der Waals surface area contributed by atoms with Crippen molar-refractivity contribution in [3.05, 3.63) is 82.1 Å². The number of halogens is 2. The molecule has 3 rings (SSSR count). The Morgan fingerprint density at radius 3 is 2.25 bits per heavy atom. The van der Waals surface area contributed by atoms with Crippen molar-refractivity contribution in [2.45, 2.75) is 6.10 Å². The van der Waals surface area contributed by atoms with Gasteiger partial charge in [-0.1, -0.05) is 42.5 Å². The van der Waals surface area contributed by atoms with Gasteiger partial charge in [0, 0.05) is 0 Å². The molecular formula is C17H12BrFO. The zero-order valence-corrected chi connectivity index (χ0v) is 12.1. The Hall–Kier alpha value is -1.71. The Kier molecular flexibility index (Phi) is 3.55. The lowest BCUT2D eigenvalue weighted by Crippen LogP contribution is -2.00. The first-order valence-corrected chi connectivity index (χ1v) is 7.06. The fraction of sp³-hybridized carbons (Fsp3) is 0.0588. The van der Waals surface area contributed by atoms with Crippen LogP contribution < -0.4 is 0 Å². The smallest absolute Gasteiger partial charge is 0.137 e. The van der Waals surface area contributed by atoms with Crippen LogP contribution in [0.25, 0.3) is 10.8 Å². The Labute approximate surface area is 124 Å². The van der Waals surface area contributed by atoms with Crippen molar-refractivity contribution in [3.8, 4) is 0 Å². The number of fused-ring (bicyclic) bond motifs is 1. The van der Waals surface area contributed by atoms with Crippen molar-refractivity contribution in [2.75, 3.05) is 0 Å². The van der Waals surface area contributed by atoms with Crippen LogP contribution in [-0.2, 0) is 0 Å². The average molecular weight is 331 g/mol. The predicted molar refractivity (Wildman–Crippen MR) is 82.1 cm³/mol. The molecule has 0 radical (unpaired) electrons. The van der Waals surface area contributed by atoms with Crippen LogP contribution in [-0.4, -0.2) is 5.11 Å². The lowest BCUT2D eigenvalue weighted by atomic mass is 9.98. The van der Waals surface area contributed by atoms with Gasteiger partial charge in [-0.2, -0.15) is 0 Å². The van der Waals surface area contributed by atoms with E-state index in [1.165, 1.54) is 6.07 Å². The van der Waals surface area contributed by atoms with Gasteiger partial charge < -0.3 is 5.11 Å². The second-order valence-corrected chi connectivity index (χ2v) is 5.54. The summed E-state index contributed by atoms with van der Waals surface area (Å²) in [5.41, 5.74) is 1.30. The summed E-state index contributed by atoms with van der Waals surface area (Å²) in [5.74, 6) is -0.373.